The Bertz CT molecular complexity index is 839. The van der Waals surface area contributed by atoms with Crippen molar-refractivity contribution >= 4 is 23.3 Å². The fourth-order valence-corrected chi connectivity index (χ4v) is 2.58. The van der Waals surface area contributed by atoms with Gasteiger partial charge in [0.05, 0.1) is 11.6 Å². The lowest BCUT2D eigenvalue weighted by Gasteiger charge is -2.10. The summed E-state index contributed by atoms with van der Waals surface area (Å²) in [5, 5.41) is 15.0. The fraction of sp³-hybridized carbons (Fsp3) is 0.238. The Morgan fingerprint density at radius 1 is 1.18 bits per heavy atom. The van der Waals surface area contributed by atoms with Gasteiger partial charge in [0, 0.05) is 36.1 Å². The van der Waals surface area contributed by atoms with E-state index in [2.05, 4.69) is 20.6 Å². The Morgan fingerprint density at radius 3 is 2.39 bits per heavy atom. The Labute approximate surface area is 170 Å². The number of amides is 1. The Balaban J connectivity index is 0.000000397. The smallest absolute Gasteiger partial charge is 0.267 e. The van der Waals surface area contributed by atoms with Crippen LogP contribution in [0.1, 0.15) is 24.3 Å². The molecule has 0 unspecified atom stereocenters. The van der Waals surface area contributed by atoms with Crippen LogP contribution in [0.5, 0.6) is 0 Å². The Kier molecular flexibility index (Phi) is 8.52. The van der Waals surface area contributed by atoms with Crippen LogP contribution >= 0.6 is 11.6 Å². The molecule has 7 heteroatoms. The van der Waals surface area contributed by atoms with Gasteiger partial charge in [0.25, 0.3) is 5.91 Å². The summed E-state index contributed by atoms with van der Waals surface area (Å²) in [6, 6.07) is 15.8. The third kappa shape index (κ3) is 6.72. The number of carbonyl (C=O) groups excluding carboxylic acids is 1. The molecule has 148 valence electrons. The van der Waals surface area contributed by atoms with E-state index < -0.39 is 0 Å². The number of H-pyrrole nitrogens is 1. The molecule has 0 saturated heterocycles. The summed E-state index contributed by atoms with van der Waals surface area (Å²) >= 11 is 6.20. The number of aliphatic hydroxyl groups excluding tert-OH is 1. The molecule has 3 aromatic rings. The van der Waals surface area contributed by atoms with Crippen LogP contribution in [0.3, 0.4) is 0 Å². The number of carbonyl (C=O) groups is 1. The van der Waals surface area contributed by atoms with Crippen LogP contribution in [0.15, 0.2) is 60.9 Å². The molecule has 28 heavy (non-hydrogen) atoms. The maximum atomic E-state index is 11.8. The van der Waals surface area contributed by atoms with Crippen molar-refractivity contribution in [1.29, 1.82) is 0 Å². The molecule has 0 saturated carbocycles. The van der Waals surface area contributed by atoms with Crippen LogP contribution in [-0.4, -0.2) is 40.2 Å². The van der Waals surface area contributed by atoms with Gasteiger partial charge in [-0.3, -0.25) is 4.79 Å². The number of aromatic nitrogens is 2. The number of nitrogens with zero attached hydrogens (tertiary/aromatic N) is 1. The van der Waals surface area contributed by atoms with Gasteiger partial charge in [-0.05, 0) is 26.0 Å². The molecule has 0 spiro atoms. The van der Waals surface area contributed by atoms with Gasteiger partial charge in [-0.15, -0.1) is 0 Å². The number of hydrogen-bond acceptors (Lipinski definition) is 4. The monoisotopic (exact) mass is 400 g/mol. The first-order valence-electron chi connectivity index (χ1n) is 9.01. The molecular weight excluding hydrogens is 376 g/mol. The van der Waals surface area contributed by atoms with Crippen molar-refractivity contribution in [2.24, 2.45) is 0 Å². The highest BCUT2D eigenvalue weighted by atomic mass is 35.5. The molecular formula is C21H25ClN4O2. The summed E-state index contributed by atoms with van der Waals surface area (Å²) in [6.45, 7) is 4.16. The molecule has 0 radical (unpaired) electrons. The second-order valence-electron chi connectivity index (χ2n) is 6.28. The van der Waals surface area contributed by atoms with Gasteiger partial charge in [0.2, 0.25) is 0 Å². The number of benzene rings is 1. The summed E-state index contributed by atoms with van der Waals surface area (Å²) in [4.78, 5) is 19.0. The van der Waals surface area contributed by atoms with Crippen LogP contribution in [-0.2, 0) is 0 Å². The van der Waals surface area contributed by atoms with E-state index >= 15 is 0 Å². The van der Waals surface area contributed by atoms with Gasteiger partial charge in [0.1, 0.15) is 11.5 Å². The van der Waals surface area contributed by atoms with E-state index in [4.69, 9.17) is 16.7 Å². The molecule has 0 atom stereocenters. The van der Waals surface area contributed by atoms with Crippen molar-refractivity contribution in [2.45, 2.75) is 19.9 Å². The molecule has 0 aliphatic rings. The van der Waals surface area contributed by atoms with Crippen molar-refractivity contribution in [3.8, 4) is 11.1 Å². The zero-order valence-electron chi connectivity index (χ0n) is 15.9. The van der Waals surface area contributed by atoms with Crippen LogP contribution in [0.2, 0.25) is 5.02 Å². The first-order chi connectivity index (χ1) is 13.5. The molecule has 4 N–H and O–H groups in total. The molecule has 0 aliphatic heterocycles. The number of aliphatic hydroxyl groups is 1. The van der Waals surface area contributed by atoms with Gasteiger partial charge < -0.3 is 20.7 Å². The average Bonchev–Trinajstić information content (AvgIpc) is 3.19. The van der Waals surface area contributed by atoms with E-state index in [1.807, 2.05) is 56.3 Å². The summed E-state index contributed by atoms with van der Waals surface area (Å²) in [5.74, 6) is 0.452. The Hall–Kier alpha value is -2.83. The fourth-order valence-electron chi connectivity index (χ4n) is 2.37. The predicted molar refractivity (Wildman–Crippen MR) is 114 cm³/mol. The second-order valence-corrected chi connectivity index (χ2v) is 6.69. The lowest BCUT2D eigenvalue weighted by Crippen LogP contribution is -2.26. The van der Waals surface area contributed by atoms with Crippen LogP contribution in [0.25, 0.3) is 11.1 Å². The number of halogens is 1. The first-order valence-corrected chi connectivity index (χ1v) is 9.39. The average molecular weight is 401 g/mol. The Morgan fingerprint density at radius 2 is 1.82 bits per heavy atom. The number of hydrogen-bond donors (Lipinski definition) is 4. The molecule has 0 aliphatic carbocycles. The quantitative estimate of drug-likeness (QED) is 0.504. The molecule has 2 aromatic heterocycles. The molecule has 1 amide bonds. The molecule has 3 rings (SSSR count). The molecule has 6 nitrogen and oxygen atoms in total. The summed E-state index contributed by atoms with van der Waals surface area (Å²) in [5.41, 5.74) is 2.00. The highest BCUT2D eigenvalue weighted by Crippen LogP contribution is 2.30. The van der Waals surface area contributed by atoms with E-state index in [1.165, 1.54) is 0 Å². The molecule has 0 bridgehead atoms. The van der Waals surface area contributed by atoms with Gasteiger partial charge in [0.15, 0.2) is 0 Å². The highest BCUT2D eigenvalue weighted by Gasteiger charge is 2.12. The van der Waals surface area contributed by atoms with Crippen molar-refractivity contribution < 1.29 is 9.90 Å². The van der Waals surface area contributed by atoms with Crippen LogP contribution < -0.4 is 10.6 Å². The largest absolute Gasteiger partial charge is 0.395 e. The van der Waals surface area contributed by atoms with Gasteiger partial charge in [-0.1, -0.05) is 48.0 Å². The SMILES string of the molecule is CC(C)Nc1cc(-c2c[nH]c(C(=O)NCCO)c2)c(Cl)cn1.c1ccccc1. The lowest BCUT2D eigenvalue weighted by atomic mass is 10.1. The number of pyridine rings is 1. The maximum Gasteiger partial charge on any atom is 0.267 e. The highest BCUT2D eigenvalue weighted by molar-refractivity contribution is 6.33. The zero-order valence-corrected chi connectivity index (χ0v) is 16.7. The third-order valence-electron chi connectivity index (χ3n) is 3.59. The topological polar surface area (TPSA) is 90.0 Å². The predicted octanol–water partition coefficient (Wildman–Crippen LogP) is 3.96. The molecule has 1 aromatic carbocycles. The van der Waals surface area contributed by atoms with Gasteiger partial charge in [-0.25, -0.2) is 4.98 Å². The number of rotatable bonds is 6. The minimum Gasteiger partial charge on any atom is -0.395 e. The minimum absolute atomic E-state index is 0.0975. The van der Waals surface area contributed by atoms with Crippen molar-refractivity contribution in [1.82, 2.24) is 15.3 Å². The first kappa shape index (κ1) is 21.5. The number of aromatic amines is 1. The third-order valence-corrected chi connectivity index (χ3v) is 3.90. The zero-order chi connectivity index (χ0) is 20.4. The van der Waals surface area contributed by atoms with Crippen molar-refractivity contribution in [2.75, 3.05) is 18.5 Å². The van der Waals surface area contributed by atoms with E-state index in [9.17, 15) is 4.79 Å². The second kappa shape index (κ2) is 11.1. The molecule has 0 fully saturated rings. The van der Waals surface area contributed by atoms with E-state index in [1.54, 1.807) is 18.5 Å². The van der Waals surface area contributed by atoms with Crippen molar-refractivity contribution in [3.63, 3.8) is 0 Å². The van der Waals surface area contributed by atoms with Crippen molar-refractivity contribution in [3.05, 3.63) is 71.6 Å². The van der Waals surface area contributed by atoms with Gasteiger partial charge >= 0.3 is 0 Å². The minimum atomic E-state index is -0.272. The normalized spacial score (nSPS) is 10.2. The lowest BCUT2D eigenvalue weighted by molar-refractivity contribution is 0.0940. The number of anilines is 1. The summed E-state index contributed by atoms with van der Waals surface area (Å²) in [6.07, 6.45) is 3.30. The summed E-state index contributed by atoms with van der Waals surface area (Å²) < 4.78 is 0. The van der Waals surface area contributed by atoms with Crippen LogP contribution in [0.4, 0.5) is 5.82 Å². The maximum absolute atomic E-state index is 11.8. The standard InChI is InChI=1S/C15H19ClN4O2.C6H6/c1-9(2)20-14-6-11(12(16)8-19-14)10-5-13(18-7-10)15(22)17-3-4-21;1-2-4-6-5-3-1/h5-9,18,21H,3-4H2,1-2H3,(H,17,22)(H,19,20);1-6H. The van der Waals surface area contributed by atoms with E-state index in [0.29, 0.717) is 10.7 Å². The van der Waals surface area contributed by atoms with E-state index in [-0.39, 0.29) is 25.1 Å². The molecule has 2 heterocycles. The summed E-state index contributed by atoms with van der Waals surface area (Å²) in [7, 11) is 0. The van der Waals surface area contributed by atoms with Crippen LogP contribution in [0, 0.1) is 0 Å². The van der Waals surface area contributed by atoms with Gasteiger partial charge in [-0.2, -0.15) is 0 Å². The van der Waals surface area contributed by atoms with E-state index in [0.717, 1.165) is 16.9 Å². The number of nitrogens with one attached hydrogen (secondary N) is 3.